The SMILES string of the molecule is CC(C#N)Oc1ccc(-c2ccccc2)cc1. The van der Waals surface area contributed by atoms with Gasteiger partial charge in [0.2, 0.25) is 0 Å². The molecule has 0 aromatic heterocycles. The summed E-state index contributed by atoms with van der Waals surface area (Å²) in [7, 11) is 0. The third-order valence-electron chi connectivity index (χ3n) is 2.46. The summed E-state index contributed by atoms with van der Waals surface area (Å²) in [6, 6.07) is 19.9. The van der Waals surface area contributed by atoms with Crippen molar-refractivity contribution in [2.45, 2.75) is 13.0 Å². The van der Waals surface area contributed by atoms with Crippen LogP contribution < -0.4 is 4.74 Å². The van der Waals surface area contributed by atoms with Crippen molar-refractivity contribution >= 4 is 0 Å². The molecule has 0 aliphatic rings. The summed E-state index contributed by atoms with van der Waals surface area (Å²) in [6.07, 6.45) is -0.419. The second-order valence-electron chi connectivity index (χ2n) is 3.78. The van der Waals surface area contributed by atoms with Crippen LogP contribution in [-0.4, -0.2) is 6.10 Å². The molecule has 0 spiro atoms. The third kappa shape index (κ3) is 2.85. The molecule has 1 atom stereocenters. The molecular formula is C15H13NO. The standard InChI is InChI=1S/C15H13NO/c1-12(11-16)17-15-9-7-14(8-10-15)13-5-3-2-4-6-13/h2-10,12H,1H3. The van der Waals surface area contributed by atoms with Crippen LogP contribution >= 0.6 is 0 Å². The van der Waals surface area contributed by atoms with Crippen LogP contribution in [0.25, 0.3) is 11.1 Å². The number of hydrogen-bond acceptors (Lipinski definition) is 2. The summed E-state index contributed by atoms with van der Waals surface area (Å²) in [5.41, 5.74) is 2.31. The monoisotopic (exact) mass is 223 g/mol. The molecular weight excluding hydrogens is 210 g/mol. The van der Waals surface area contributed by atoms with Gasteiger partial charge in [-0.05, 0) is 30.2 Å². The molecule has 0 bridgehead atoms. The molecule has 0 aliphatic heterocycles. The van der Waals surface area contributed by atoms with Gasteiger partial charge in [-0.2, -0.15) is 5.26 Å². The Hall–Kier alpha value is -2.27. The molecule has 84 valence electrons. The lowest BCUT2D eigenvalue weighted by Crippen LogP contribution is -2.07. The van der Waals surface area contributed by atoms with E-state index in [4.69, 9.17) is 10.00 Å². The van der Waals surface area contributed by atoms with Gasteiger partial charge in [-0.25, -0.2) is 0 Å². The van der Waals surface area contributed by atoms with Gasteiger partial charge < -0.3 is 4.74 Å². The molecule has 17 heavy (non-hydrogen) atoms. The van der Waals surface area contributed by atoms with Crippen LogP contribution in [0.4, 0.5) is 0 Å². The van der Waals surface area contributed by atoms with E-state index >= 15 is 0 Å². The van der Waals surface area contributed by atoms with Gasteiger partial charge in [0.1, 0.15) is 11.8 Å². The van der Waals surface area contributed by atoms with Crippen molar-refractivity contribution in [3.8, 4) is 22.9 Å². The Kier molecular flexibility index (Phi) is 3.42. The minimum atomic E-state index is -0.419. The molecule has 2 rings (SSSR count). The number of ether oxygens (including phenoxy) is 1. The first kappa shape index (κ1) is 11.2. The normalized spacial score (nSPS) is 11.5. The van der Waals surface area contributed by atoms with Crippen LogP contribution in [0.5, 0.6) is 5.75 Å². The molecule has 0 heterocycles. The molecule has 0 saturated carbocycles. The predicted molar refractivity (Wildman–Crippen MR) is 67.6 cm³/mol. The van der Waals surface area contributed by atoms with Crippen molar-refractivity contribution in [3.05, 3.63) is 54.6 Å². The highest BCUT2D eigenvalue weighted by Crippen LogP contribution is 2.22. The van der Waals surface area contributed by atoms with Gasteiger partial charge in [0.05, 0.1) is 0 Å². The summed E-state index contributed by atoms with van der Waals surface area (Å²) in [4.78, 5) is 0. The molecule has 2 heteroatoms. The fraction of sp³-hybridized carbons (Fsp3) is 0.133. The molecule has 0 radical (unpaired) electrons. The second-order valence-corrected chi connectivity index (χ2v) is 3.78. The minimum absolute atomic E-state index is 0.419. The lowest BCUT2D eigenvalue weighted by Gasteiger charge is -2.08. The second kappa shape index (κ2) is 5.18. The van der Waals surface area contributed by atoms with Crippen molar-refractivity contribution in [3.63, 3.8) is 0 Å². The third-order valence-corrected chi connectivity index (χ3v) is 2.46. The highest BCUT2D eigenvalue weighted by Gasteiger charge is 2.02. The molecule has 2 aromatic carbocycles. The first-order valence-electron chi connectivity index (χ1n) is 5.51. The van der Waals surface area contributed by atoms with Crippen LogP contribution in [0.2, 0.25) is 0 Å². The zero-order valence-corrected chi connectivity index (χ0v) is 9.63. The Balaban J connectivity index is 2.17. The zero-order valence-electron chi connectivity index (χ0n) is 9.63. The topological polar surface area (TPSA) is 33.0 Å². The molecule has 0 aliphatic carbocycles. The van der Waals surface area contributed by atoms with Gasteiger partial charge in [0.15, 0.2) is 6.10 Å². The van der Waals surface area contributed by atoms with E-state index in [0.717, 1.165) is 11.3 Å². The predicted octanol–water partition coefficient (Wildman–Crippen LogP) is 3.64. The maximum atomic E-state index is 8.65. The Morgan fingerprint density at radius 2 is 1.53 bits per heavy atom. The molecule has 1 unspecified atom stereocenters. The van der Waals surface area contributed by atoms with Crippen LogP contribution in [-0.2, 0) is 0 Å². The van der Waals surface area contributed by atoms with E-state index in [1.54, 1.807) is 6.92 Å². The molecule has 0 amide bonds. The Morgan fingerprint density at radius 1 is 0.941 bits per heavy atom. The average Bonchev–Trinajstić information content (AvgIpc) is 2.40. The van der Waals surface area contributed by atoms with E-state index in [2.05, 4.69) is 12.1 Å². The van der Waals surface area contributed by atoms with Gasteiger partial charge in [-0.3, -0.25) is 0 Å². The lowest BCUT2D eigenvalue weighted by atomic mass is 10.1. The van der Waals surface area contributed by atoms with E-state index in [9.17, 15) is 0 Å². The van der Waals surface area contributed by atoms with Gasteiger partial charge in [0.25, 0.3) is 0 Å². The van der Waals surface area contributed by atoms with Crippen LogP contribution in [0.3, 0.4) is 0 Å². The van der Waals surface area contributed by atoms with Gasteiger partial charge in [0, 0.05) is 0 Å². The van der Waals surface area contributed by atoms with Crippen LogP contribution in [0.15, 0.2) is 54.6 Å². The average molecular weight is 223 g/mol. The van der Waals surface area contributed by atoms with E-state index in [0.29, 0.717) is 0 Å². The van der Waals surface area contributed by atoms with Gasteiger partial charge >= 0.3 is 0 Å². The van der Waals surface area contributed by atoms with Gasteiger partial charge in [-0.1, -0.05) is 42.5 Å². The summed E-state index contributed by atoms with van der Waals surface area (Å²) in [5.74, 6) is 0.721. The van der Waals surface area contributed by atoms with E-state index in [1.165, 1.54) is 5.56 Å². The number of nitrogens with zero attached hydrogens (tertiary/aromatic N) is 1. The summed E-state index contributed by atoms with van der Waals surface area (Å²) in [6.45, 7) is 1.73. The largest absolute Gasteiger partial charge is 0.476 e. The van der Waals surface area contributed by atoms with Crippen molar-refractivity contribution in [1.82, 2.24) is 0 Å². The highest BCUT2D eigenvalue weighted by molar-refractivity contribution is 5.63. The lowest BCUT2D eigenvalue weighted by molar-refractivity contribution is 0.276. The van der Waals surface area contributed by atoms with Crippen LogP contribution in [0.1, 0.15) is 6.92 Å². The molecule has 2 nitrogen and oxygen atoms in total. The summed E-state index contributed by atoms with van der Waals surface area (Å²) in [5, 5.41) is 8.65. The van der Waals surface area contributed by atoms with Gasteiger partial charge in [-0.15, -0.1) is 0 Å². The number of benzene rings is 2. The van der Waals surface area contributed by atoms with Crippen molar-refractivity contribution < 1.29 is 4.74 Å². The van der Waals surface area contributed by atoms with E-state index < -0.39 is 6.10 Å². The van der Waals surface area contributed by atoms with Crippen molar-refractivity contribution in [2.24, 2.45) is 0 Å². The fourth-order valence-corrected chi connectivity index (χ4v) is 1.59. The summed E-state index contributed by atoms with van der Waals surface area (Å²) < 4.78 is 5.39. The van der Waals surface area contributed by atoms with Crippen molar-refractivity contribution in [1.29, 1.82) is 5.26 Å². The molecule has 0 fully saturated rings. The number of rotatable bonds is 3. The number of nitriles is 1. The molecule has 0 saturated heterocycles. The van der Waals surface area contributed by atoms with Crippen molar-refractivity contribution in [2.75, 3.05) is 0 Å². The first-order valence-corrected chi connectivity index (χ1v) is 5.51. The molecule has 2 aromatic rings. The van der Waals surface area contributed by atoms with Crippen LogP contribution in [0, 0.1) is 11.3 Å². The smallest absolute Gasteiger partial charge is 0.181 e. The zero-order chi connectivity index (χ0) is 12.1. The number of hydrogen-bond donors (Lipinski definition) is 0. The van der Waals surface area contributed by atoms with E-state index in [1.807, 2.05) is 48.5 Å². The maximum absolute atomic E-state index is 8.65. The first-order chi connectivity index (χ1) is 8.29. The Morgan fingerprint density at radius 3 is 2.12 bits per heavy atom. The maximum Gasteiger partial charge on any atom is 0.181 e. The van der Waals surface area contributed by atoms with E-state index in [-0.39, 0.29) is 0 Å². The Bertz CT molecular complexity index is 511. The Labute approximate surface area is 101 Å². The molecule has 0 N–H and O–H groups in total. The highest BCUT2D eigenvalue weighted by atomic mass is 16.5. The summed E-state index contributed by atoms with van der Waals surface area (Å²) >= 11 is 0. The fourth-order valence-electron chi connectivity index (χ4n) is 1.59. The minimum Gasteiger partial charge on any atom is -0.476 e. The quantitative estimate of drug-likeness (QED) is 0.795.